The van der Waals surface area contributed by atoms with E-state index in [1.165, 1.54) is 8.28 Å². The molecule has 2 aliphatic rings. The second-order valence-electron chi connectivity index (χ2n) is 8.92. The molecule has 194 valence electrons. The molecule has 2 N–H and O–H groups in total. The van der Waals surface area contributed by atoms with Crippen molar-refractivity contribution in [3.8, 4) is 0 Å². The lowest BCUT2D eigenvalue weighted by Gasteiger charge is -2.30. The number of rotatable bonds is 3. The summed E-state index contributed by atoms with van der Waals surface area (Å²) in [6, 6.07) is 5.43. The topological polar surface area (TPSA) is 112 Å². The summed E-state index contributed by atoms with van der Waals surface area (Å²) in [6.07, 6.45) is -2.38. The first-order chi connectivity index (χ1) is 16.2. The van der Waals surface area contributed by atoms with Gasteiger partial charge in [-0.05, 0) is 42.5 Å². The van der Waals surface area contributed by atoms with E-state index in [9.17, 15) is 26.4 Å². The van der Waals surface area contributed by atoms with Crippen molar-refractivity contribution < 1.29 is 36.3 Å². The average Bonchev–Trinajstić information content (AvgIpc) is 3.13. The van der Waals surface area contributed by atoms with Crippen LogP contribution in [0, 0.1) is 5.92 Å². The van der Waals surface area contributed by atoms with Crippen LogP contribution < -0.4 is 5.32 Å². The standard InChI is InChI=1S/C20H28N4O3S.C2HF3O2/c1-14-7-10-23(11-8-14)20(25)15-4-5-18-16(12-15)17-13-21-9-6-19(17)24(18)28(26,27)22(2)3;3-2(4,5)1(6)7/h4-5,12,14,21H,6-11,13H2,1-3H3;(H,6,7). The summed E-state index contributed by atoms with van der Waals surface area (Å²) in [5.74, 6) is -2.06. The number of fused-ring (bicyclic) bond motifs is 3. The zero-order valence-electron chi connectivity index (χ0n) is 19.7. The highest BCUT2D eigenvalue weighted by molar-refractivity contribution is 7.87. The summed E-state index contributed by atoms with van der Waals surface area (Å²) in [4.78, 5) is 23.8. The van der Waals surface area contributed by atoms with E-state index in [0.717, 1.165) is 49.1 Å². The predicted octanol–water partition coefficient (Wildman–Crippen LogP) is 2.45. The number of carbonyl (C=O) groups excluding carboxylic acids is 1. The Labute approximate surface area is 201 Å². The van der Waals surface area contributed by atoms with Gasteiger partial charge >= 0.3 is 22.4 Å². The van der Waals surface area contributed by atoms with Gasteiger partial charge < -0.3 is 15.3 Å². The van der Waals surface area contributed by atoms with Crippen LogP contribution in [0.25, 0.3) is 10.9 Å². The number of carboxylic acids is 1. The third-order valence-corrected chi connectivity index (χ3v) is 8.03. The third-order valence-electron chi connectivity index (χ3n) is 6.23. The lowest BCUT2D eigenvalue weighted by molar-refractivity contribution is -0.192. The molecular formula is C22H29F3N4O5S. The molecular weight excluding hydrogens is 489 g/mol. The average molecular weight is 519 g/mol. The van der Waals surface area contributed by atoms with E-state index in [1.54, 1.807) is 26.2 Å². The number of alkyl halides is 3. The van der Waals surface area contributed by atoms with Crippen molar-refractivity contribution in [1.82, 2.24) is 18.5 Å². The fourth-order valence-corrected chi connectivity index (χ4v) is 5.42. The van der Waals surface area contributed by atoms with Crippen LogP contribution in [-0.4, -0.2) is 78.5 Å². The lowest BCUT2D eigenvalue weighted by atomic mass is 9.98. The van der Waals surface area contributed by atoms with E-state index in [4.69, 9.17) is 9.90 Å². The molecule has 13 heteroatoms. The van der Waals surface area contributed by atoms with Crippen molar-refractivity contribution in [2.45, 2.75) is 38.9 Å². The summed E-state index contributed by atoms with van der Waals surface area (Å²) >= 11 is 0. The number of amides is 1. The van der Waals surface area contributed by atoms with Gasteiger partial charge in [-0.1, -0.05) is 6.92 Å². The zero-order chi connectivity index (χ0) is 26.1. The molecule has 3 heterocycles. The molecule has 35 heavy (non-hydrogen) atoms. The Hall–Kier alpha value is -2.64. The van der Waals surface area contributed by atoms with Gasteiger partial charge in [0.05, 0.1) is 5.52 Å². The van der Waals surface area contributed by atoms with Gasteiger partial charge in [-0.2, -0.15) is 25.9 Å². The van der Waals surface area contributed by atoms with Crippen LogP contribution in [0.15, 0.2) is 18.2 Å². The zero-order valence-corrected chi connectivity index (χ0v) is 20.5. The summed E-state index contributed by atoms with van der Waals surface area (Å²) in [6.45, 7) is 5.15. The van der Waals surface area contributed by atoms with E-state index in [0.29, 0.717) is 30.0 Å². The van der Waals surface area contributed by atoms with Crippen LogP contribution in [0.4, 0.5) is 13.2 Å². The first kappa shape index (κ1) is 27.0. The predicted molar refractivity (Wildman–Crippen MR) is 123 cm³/mol. The Kier molecular flexibility index (Phi) is 7.82. The van der Waals surface area contributed by atoms with Gasteiger partial charge in [-0.15, -0.1) is 0 Å². The van der Waals surface area contributed by atoms with Crippen LogP contribution in [-0.2, 0) is 28.0 Å². The Morgan fingerprint density at radius 1 is 1.17 bits per heavy atom. The van der Waals surface area contributed by atoms with Gasteiger partial charge in [0, 0.05) is 63.3 Å². The molecule has 1 fully saturated rings. The minimum Gasteiger partial charge on any atom is -0.475 e. The molecule has 0 spiro atoms. The SMILES string of the molecule is CC1CCN(C(=O)c2ccc3c(c2)c2c(n3S(=O)(=O)N(C)C)CCNC2)CC1.O=C(O)C(F)(F)F. The van der Waals surface area contributed by atoms with Crippen LogP contribution in [0.5, 0.6) is 0 Å². The molecule has 1 amide bonds. The molecule has 0 saturated carbocycles. The number of hydrogen-bond donors (Lipinski definition) is 2. The van der Waals surface area contributed by atoms with Crippen LogP contribution in [0.2, 0.25) is 0 Å². The molecule has 2 aromatic rings. The van der Waals surface area contributed by atoms with Crippen molar-refractivity contribution in [1.29, 1.82) is 0 Å². The van der Waals surface area contributed by atoms with Crippen molar-refractivity contribution in [3.63, 3.8) is 0 Å². The van der Waals surface area contributed by atoms with E-state index >= 15 is 0 Å². The summed E-state index contributed by atoms with van der Waals surface area (Å²) < 4.78 is 60.4. The first-order valence-corrected chi connectivity index (χ1v) is 12.5. The maximum atomic E-state index is 13.0. The molecule has 1 aromatic carbocycles. The fourth-order valence-electron chi connectivity index (χ4n) is 4.20. The molecule has 4 rings (SSSR count). The van der Waals surface area contributed by atoms with Gasteiger partial charge in [0.15, 0.2) is 0 Å². The molecule has 0 atom stereocenters. The van der Waals surface area contributed by atoms with Crippen molar-refractivity contribution in [2.24, 2.45) is 5.92 Å². The van der Waals surface area contributed by atoms with E-state index in [2.05, 4.69) is 12.2 Å². The number of aromatic nitrogens is 1. The first-order valence-electron chi connectivity index (χ1n) is 11.1. The smallest absolute Gasteiger partial charge is 0.475 e. The van der Waals surface area contributed by atoms with E-state index < -0.39 is 22.4 Å². The van der Waals surface area contributed by atoms with Gasteiger partial charge in [0.2, 0.25) is 0 Å². The maximum absolute atomic E-state index is 13.0. The Morgan fingerprint density at radius 2 is 1.77 bits per heavy atom. The summed E-state index contributed by atoms with van der Waals surface area (Å²) in [7, 11) is -0.543. The molecule has 0 unspecified atom stereocenters. The molecule has 0 bridgehead atoms. The van der Waals surface area contributed by atoms with Gasteiger partial charge in [-0.3, -0.25) is 4.79 Å². The number of piperidine rings is 1. The normalized spacial score (nSPS) is 17.2. The molecule has 0 radical (unpaired) electrons. The summed E-state index contributed by atoms with van der Waals surface area (Å²) in [5, 5.41) is 11.3. The number of benzene rings is 1. The molecule has 2 aliphatic heterocycles. The van der Waals surface area contributed by atoms with Gasteiger partial charge in [0.25, 0.3) is 5.91 Å². The fraction of sp³-hybridized carbons (Fsp3) is 0.545. The lowest BCUT2D eigenvalue weighted by Crippen LogP contribution is -2.37. The van der Waals surface area contributed by atoms with Crippen LogP contribution in [0.3, 0.4) is 0 Å². The number of carbonyl (C=O) groups is 2. The minimum absolute atomic E-state index is 0.0366. The highest BCUT2D eigenvalue weighted by Gasteiger charge is 2.38. The molecule has 0 aliphatic carbocycles. The second kappa shape index (κ2) is 10.2. The molecule has 1 saturated heterocycles. The number of aliphatic carboxylic acids is 1. The minimum atomic E-state index is -5.08. The summed E-state index contributed by atoms with van der Waals surface area (Å²) in [5.41, 5.74) is 3.08. The Morgan fingerprint density at radius 3 is 2.31 bits per heavy atom. The monoisotopic (exact) mass is 518 g/mol. The number of likely N-dealkylation sites (tertiary alicyclic amines) is 1. The van der Waals surface area contributed by atoms with E-state index in [1.807, 2.05) is 11.0 Å². The van der Waals surface area contributed by atoms with E-state index in [-0.39, 0.29) is 5.91 Å². The highest BCUT2D eigenvalue weighted by atomic mass is 32.2. The number of hydrogen-bond acceptors (Lipinski definition) is 5. The quantitative estimate of drug-likeness (QED) is 0.646. The second-order valence-corrected chi connectivity index (χ2v) is 10.9. The van der Waals surface area contributed by atoms with Crippen LogP contribution in [0.1, 0.15) is 41.4 Å². The number of carboxylic acid groups (broad SMARTS) is 1. The van der Waals surface area contributed by atoms with Gasteiger partial charge in [0.1, 0.15) is 0 Å². The number of halogens is 3. The maximum Gasteiger partial charge on any atom is 0.490 e. The van der Waals surface area contributed by atoms with Crippen molar-refractivity contribution in [2.75, 3.05) is 33.7 Å². The van der Waals surface area contributed by atoms with Gasteiger partial charge in [-0.25, -0.2) is 8.77 Å². The Bertz CT molecular complexity index is 1220. The Balaban J connectivity index is 0.000000429. The molecule has 9 nitrogen and oxygen atoms in total. The highest BCUT2D eigenvalue weighted by Crippen LogP contribution is 2.32. The number of nitrogens with zero attached hydrogens (tertiary/aromatic N) is 3. The molecule has 1 aromatic heterocycles. The largest absolute Gasteiger partial charge is 0.490 e. The number of nitrogens with one attached hydrogen (secondary N) is 1. The van der Waals surface area contributed by atoms with Crippen molar-refractivity contribution in [3.05, 3.63) is 35.0 Å². The third kappa shape index (κ3) is 5.62. The van der Waals surface area contributed by atoms with Crippen LogP contribution >= 0.6 is 0 Å². The van der Waals surface area contributed by atoms with Crippen molar-refractivity contribution >= 4 is 33.0 Å².